The second-order valence-corrected chi connectivity index (χ2v) is 14.0. The first kappa shape index (κ1) is 35.6. The van der Waals surface area contributed by atoms with Gasteiger partial charge in [0.1, 0.15) is 24.2 Å². The fourth-order valence-corrected chi connectivity index (χ4v) is 7.11. The molecule has 2 atom stereocenters. The lowest BCUT2D eigenvalue weighted by Crippen LogP contribution is -2.54. The van der Waals surface area contributed by atoms with Crippen molar-refractivity contribution >= 4 is 43.5 Å². The maximum absolute atomic E-state index is 15.1. The highest BCUT2D eigenvalue weighted by atomic mass is 79.9. The van der Waals surface area contributed by atoms with Crippen molar-refractivity contribution in [3.8, 4) is 5.75 Å². The number of sulfonamides is 1. The molecule has 0 unspecified atom stereocenters. The maximum atomic E-state index is 15.1. The van der Waals surface area contributed by atoms with Gasteiger partial charge in [-0.3, -0.25) is 13.9 Å². The third-order valence-corrected chi connectivity index (χ3v) is 10.3. The van der Waals surface area contributed by atoms with E-state index in [0.29, 0.717) is 16.6 Å². The molecule has 0 saturated carbocycles. The van der Waals surface area contributed by atoms with Crippen LogP contribution in [0.5, 0.6) is 5.75 Å². The molecule has 4 aromatic carbocycles. The summed E-state index contributed by atoms with van der Waals surface area (Å²) in [5, 5.41) is 2.97. The van der Waals surface area contributed by atoms with E-state index in [4.69, 9.17) is 4.74 Å². The maximum Gasteiger partial charge on any atom is 0.264 e. The van der Waals surface area contributed by atoms with Gasteiger partial charge in [0.25, 0.3) is 10.0 Å². The number of anilines is 1. The Kier molecular flexibility index (Phi) is 12.2. The number of hydrogen-bond acceptors (Lipinski definition) is 5. The van der Waals surface area contributed by atoms with Crippen LogP contribution in [0.2, 0.25) is 0 Å². The Bertz CT molecular complexity index is 1790. The smallest absolute Gasteiger partial charge is 0.264 e. The van der Waals surface area contributed by atoms with Crippen LogP contribution in [0.1, 0.15) is 37.0 Å². The van der Waals surface area contributed by atoms with E-state index in [1.807, 2.05) is 51.1 Å². The second kappa shape index (κ2) is 16.1. The SMILES string of the molecule is CC[C@H](C)NC(=O)[C@@H](Cc1ccccc1)N(Cc1ccccc1F)C(=O)CN(c1ccc(C)cc1)S(=O)(=O)c1ccc(OC)c(Br)c1. The Morgan fingerprint density at radius 3 is 2.23 bits per heavy atom. The summed E-state index contributed by atoms with van der Waals surface area (Å²) in [5.41, 5.74) is 2.13. The first-order chi connectivity index (χ1) is 22.4. The summed E-state index contributed by atoms with van der Waals surface area (Å²) in [5.74, 6) is -1.20. The number of nitrogens with zero attached hydrogens (tertiary/aromatic N) is 2. The average molecular weight is 725 g/mol. The number of hydrogen-bond donors (Lipinski definition) is 1. The van der Waals surface area contributed by atoms with Crippen molar-refractivity contribution in [2.75, 3.05) is 18.0 Å². The van der Waals surface area contributed by atoms with Crippen LogP contribution in [-0.2, 0) is 32.6 Å². The average Bonchev–Trinajstić information content (AvgIpc) is 3.06. The number of aryl methyl sites for hydroxylation is 1. The monoisotopic (exact) mass is 723 g/mol. The van der Waals surface area contributed by atoms with Crippen molar-refractivity contribution in [3.63, 3.8) is 0 Å². The van der Waals surface area contributed by atoms with Gasteiger partial charge in [-0.15, -0.1) is 0 Å². The molecule has 0 aliphatic carbocycles. The first-order valence-corrected chi connectivity index (χ1v) is 17.5. The van der Waals surface area contributed by atoms with Crippen LogP contribution in [0.15, 0.2) is 106 Å². The fourth-order valence-electron chi connectivity index (χ4n) is 4.98. The first-order valence-electron chi connectivity index (χ1n) is 15.2. The van der Waals surface area contributed by atoms with Gasteiger partial charge in [0.15, 0.2) is 0 Å². The van der Waals surface area contributed by atoms with E-state index in [0.717, 1.165) is 15.4 Å². The minimum atomic E-state index is -4.33. The minimum absolute atomic E-state index is 0.0745. The molecule has 0 fully saturated rings. The molecule has 4 aromatic rings. The third kappa shape index (κ3) is 8.99. The summed E-state index contributed by atoms with van der Waals surface area (Å²) in [4.78, 5) is 29.6. The van der Waals surface area contributed by atoms with Crippen LogP contribution in [0.4, 0.5) is 10.1 Å². The zero-order chi connectivity index (χ0) is 34.1. The van der Waals surface area contributed by atoms with Crippen LogP contribution in [0.25, 0.3) is 0 Å². The van der Waals surface area contributed by atoms with Crippen LogP contribution in [0, 0.1) is 12.7 Å². The zero-order valence-electron chi connectivity index (χ0n) is 26.8. The molecular formula is C36H39BrFN3O5S. The van der Waals surface area contributed by atoms with Crippen LogP contribution in [0.3, 0.4) is 0 Å². The molecule has 0 saturated heterocycles. The highest BCUT2D eigenvalue weighted by Gasteiger charge is 2.35. The number of halogens is 2. The van der Waals surface area contributed by atoms with E-state index in [1.165, 1.54) is 36.3 Å². The number of amides is 2. The largest absolute Gasteiger partial charge is 0.496 e. The molecule has 4 rings (SSSR count). The summed E-state index contributed by atoms with van der Waals surface area (Å²) in [7, 11) is -2.85. The summed E-state index contributed by atoms with van der Waals surface area (Å²) in [6.45, 7) is 4.76. The predicted octanol–water partition coefficient (Wildman–Crippen LogP) is 6.66. The summed E-state index contributed by atoms with van der Waals surface area (Å²) < 4.78 is 50.4. The van der Waals surface area contributed by atoms with Gasteiger partial charge in [-0.05, 0) is 78.2 Å². The molecule has 11 heteroatoms. The van der Waals surface area contributed by atoms with Gasteiger partial charge in [-0.25, -0.2) is 12.8 Å². The number of nitrogens with one attached hydrogen (secondary N) is 1. The predicted molar refractivity (Wildman–Crippen MR) is 185 cm³/mol. The summed E-state index contributed by atoms with van der Waals surface area (Å²) in [6.07, 6.45) is 0.786. The lowest BCUT2D eigenvalue weighted by atomic mass is 10.0. The molecule has 47 heavy (non-hydrogen) atoms. The molecule has 2 amide bonds. The Morgan fingerprint density at radius 2 is 1.62 bits per heavy atom. The third-order valence-electron chi connectivity index (χ3n) is 7.88. The Morgan fingerprint density at radius 1 is 0.957 bits per heavy atom. The topological polar surface area (TPSA) is 96.0 Å². The Balaban J connectivity index is 1.83. The van der Waals surface area contributed by atoms with Crippen LogP contribution in [-0.4, -0.2) is 50.9 Å². The van der Waals surface area contributed by atoms with Crippen molar-refractivity contribution in [3.05, 3.63) is 124 Å². The van der Waals surface area contributed by atoms with Gasteiger partial charge in [0.2, 0.25) is 11.8 Å². The highest BCUT2D eigenvalue weighted by molar-refractivity contribution is 9.10. The number of methoxy groups -OCH3 is 1. The van der Waals surface area contributed by atoms with Gasteiger partial charge in [0, 0.05) is 24.6 Å². The van der Waals surface area contributed by atoms with E-state index in [2.05, 4.69) is 21.2 Å². The number of ether oxygens (including phenoxy) is 1. The quantitative estimate of drug-likeness (QED) is 0.157. The molecule has 8 nitrogen and oxygen atoms in total. The number of carbonyl (C=O) groups is 2. The molecule has 248 valence electrons. The van der Waals surface area contributed by atoms with Crippen LogP contribution < -0.4 is 14.4 Å². The van der Waals surface area contributed by atoms with E-state index in [-0.39, 0.29) is 35.2 Å². The van der Waals surface area contributed by atoms with Gasteiger partial charge in [0.05, 0.1) is 22.2 Å². The number of benzene rings is 4. The lowest BCUT2D eigenvalue weighted by molar-refractivity contribution is -0.140. The molecule has 0 bridgehead atoms. The van der Waals surface area contributed by atoms with Gasteiger partial charge in [-0.2, -0.15) is 0 Å². The summed E-state index contributed by atoms with van der Waals surface area (Å²) in [6, 6.07) is 25.1. The van der Waals surface area contributed by atoms with E-state index < -0.39 is 40.2 Å². The lowest BCUT2D eigenvalue weighted by Gasteiger charge is -2.34. The molecule has 0 aliphatic rings. The van der Waals surface area contributed by atoms with Crippen molar-refractivity contribution in [1.29, 1.82) is 0 Å². The normalized spacial score (nSPS) is 12.6. The van der Waals surface area contributed by atoms with Crippen molar-refractivity contribution in [2.45, 2.75) is 57.1 Å². The molecule has 0 radical (unpaired) electrons. The molecular weight excluding hydrogens is 685 g/mol. The standard InChI is InChI=1S/C36H39BrFN3O5S/c1-5-26(3)39-36(43)33(21-27-11-7-6-8-12-27)40(23-28-13-9-10-14-32(28)38)35(42)24-41(29-17-15-25(2)16-18-29)47(44,45)30-19-20-34(46-4)31(37)22-30/h6-20,22,26,33H,5,21,23-24H2,1-4H3,(H,39,43)/t26-,33+/m0/s1. The molecule has 0 heterocycles. The second-order valence-electron chi connectivity index (χ2n) is 11.3. The number of carbonyl (C=O) groups excluding carboxylic acids is 2. The van der Waals surface area contributed by atoms with Gasteiger partial charge in [-0.1, -0.05) is 73.2 Å². The van der Waals surface area contributed by atoms with Crippen molar-refractivity contribution in [2.24, 2.45) is 0 Å². The molecule has 0 aliphatic heterocycles. The Hall–Kier alpha value is -4.22. The molecule has 0 spiro atoms. The fraction of sp³-hybridized carbons (Fsp3) is 0.278. The van der Waals surface area contributed by atoms with Gasteiger partial charge >= 0.3 is 0 Å². The number of rotatable bonds is 14. The highest BCUT2D eigenvalue weighted by Crippen LogP contribution is 2.31. The van der Waals surface area contributed by atoms with E-state index >= 15 is 4.39 Å². The van der Waals surface area contributed by atoms with Crippen molar-refractivity contribution in [1.82, 2.24) is 10.2 Å². The minimum Gasteiger partial charge on any atom is -0.496 e. The van der Waals surface area contributed by atoms with E-state index in [1.54, 1.807) is 42.5 Å². The zero-order valence-corrected chi connectivity index (χ0v) is 29.2. The molecule has 0 aromatic heterocycles. The Labute approximate surface area is 284 Å². The van der Waals surface area contributed by atoms with Gasteiger partial charge < -0.3 is 15.0 Å². The van der Waals surface area contributed by atoms with E-state index in [9.17, 15) is 18.0 Å². The van der Waals surface area contributed by atoms with Crippen LogP contribution >= 0.6 is 15.9 Å². The molecule has 1 N–H and O–H groups in total. The summed E-state index contributed by atoms with van der Waals surface area (Å²) >= 11 is 3.36. The van der Waals surface area contributed by atoms with Crippen molar-refractivity contribution < 1.29 is 27.1 Å².